The molecule has 0 saturated heterocycles. The summed E-state index contributed by atoms with van der Waals surface area (Å²) in [6, 6.07) is 9.16. The number of benzene rings is 1. The van der Waals surface area contributed by atoms with E-state index in [4.69, 9.17) is 4.52 Å². The molecule has 1 amide bonds. The maximum Gasteiger partial charge on any atom is 0.253 e. The van der Waals surface area contributed by atoms with E-state index in [2.05, 4.69) is 34.5 Å². The number of aromatic nitrogens is 4. The van der Waals surface area contributed by atoms with Crippen LogP contribution < -0.4 is 5.32 Å². The molecule has 1 aromatic carbocycles. The third-order valence-corrected chi connectivity index (χ3v) is 3.49. The van der Waals surface area contributed by atoms with Crippen LogP contribution in [0.2, 0.25) is 0 Å². The summed E-state index contributed by atoms with van der Waals surface area (Å²) in [7, 11) is 0. The maximum atomic E-state index is 12.5. The Hall–Kier alpha value is -2.96. The van der Waals surface area contributed by atoms with Crippen LogP contribution in [-0.4, -0.2) is 25.8 Å². The lowest BCUT2D eigenvalue weighted by molar-refractivity contribution is 0.0947. The van der Waals surface area contributed by atoms with Crippen LogP contribution in [0.4, 0.5) is 0 Å². The lowest BCUT2D eigenvalue weighted by Gasteiger charge is -2.09. The molecule has 0 bridgehead atoms. The third kappa shape index (κ3) is 3.68. The quantitative estimate of drug-likeness (QED) is 0.752. The summed E-state index contributed by atoms with van der Waals surface area (Å²) in [6.45, 7) is 4.54. The first-order valence-electron chi connectivity index (χ1n) is 7.80. The van der Waals surface area contributed by atoms with Crippen molar-refractivity contribution in [2.45, 2.75) is 26.8 Å². The van der Waals surface area contributed by atoms with Crippen LogP contribution in [0.25, 0.3) is 5.69 Å². The van der Waals surface area contributed by atoms with Gasteiger partial charge in [0.05, 0.1) is 23.5 Å². The van der Waals surface area contributed by atoms with Crippen molar-refractivity contribution in [1.82, 2.24) is 25.2 Å². The molecular formula is C17H19N5O2. The number of para-hydroxylation sites is 1. The van der Waals surface area contributed by atoms with Crippen molar-refractivity contribution < 1.29 is 9.32 Å². The van der Waals surface area contributed by atoms with Gasteiger partial charge in [-0.15, -0.1) is 10.2 Å². The molecule has 0 saturated carbocycles. The second-order valence-electron chi connectivity index (χ2n) is 5.95. The number of nitrogens with zero attached hydrogens (tertiary/aromatic N) is 4. The van der Waals surface area contributed by atoms with Crippen LogP contribution >= 0.6 is 0 Å². The van der Waals surface area contributed by atoms with Crippen molar-refractivity contribution >= 4 is 5.91 Å². The van der Waals surface area contributed by atoms with E-state index < -0.39 is 0 Å². The maximum absolute atomic E-state index is 12.5. The second-order valence-corrected chi connectivity index (χ2v) is 5.95. The van der Waals surface area contributed by atoms with Crippen molar-refractivity contribution in [1.29, 1.82) is 0 Å². The molecule has 7 heteroatoms. The van der Waals surface area contributed by atoms with Crippen LogP contribution in [0.15, 0.2) is 47.5 Å². The predicted octanol–water partition coefficient (Wildman–Crippen LogP) is 2.38. The van der Waals surface area contributed by atoms with E-state index in [1.807, 2.05) is 24.3 Å². The average molecular weight is 325 g/mol. The Bertz CT molecular complexity index is 808. The first-order chi connectivity index (χ1) is 11.6. The van der Waals surface area contributed by atoms with Crippen molar-refractivity contribution in [2.75, 3.05) is 0 Å². The van der Waals surface area contributed by atoms with Gasteiger partial charge >= 0.3 is 0 Å². The van der Waals surface area contributed by atoms with Crippen molar-refractivity contribution in [3.63, 3.8) is 0 Å². The van der Waals surface area contributed by atoms with Gasteiger partial charge in [-0.25, -0.2) is 0 Å². The Morgan fingerprint density at radius 1 is 1.25 bits per heavy atom. The summed E-state index contributed by atoms with van der Waals surface area (Å²) >= 11 is 0. The minimum Gasteiger partial charge on any atom is -0.359 e. The lowest BCUT2D eigenvalue weighted by Crippen LogP contribution is -2.23. The van der Waals surface area contributed by atoms with Crippen LogP contribution in [0.3, 0.4) is 0 Å². The molecule has 2 aromatic heterocycles. The summed E-state index contributed by atoms with van der Waals surface area (Å²) in [5, 5.41) is 14.4. The molecule has 1 N–H and O–H groups in total. The van der Waals surface area contributed by atoms with E-state index in [9.17, 15) is 4.79 Å². The molecule has 24 heavy (non-hydrogen) atoms. The van der Waals surface area contributed by atoms with E-state index in [0.29, 0.717) is 23.8 Å². The highest BCUT2D eigenvalue weighted by Crippen LogP contribution is 2.14. The normalized spacial score (nSPS) is 11.0. The Kier molecular flexibility index (Phi) is 4.69. The molecule has 0 fully saturated rings. The van der Waals surface area contributed by atoms with Gasteiger partial charge in [-0.2, -0.15) is 0 Å². The summed E-state index contributed by atoms with van der Waals surface area (Å²) in [5.41, 5.74) is 2.16. The van der Waals surface area contributed by atoms with Crippen LogP contribution in [0.1, 0.15) is 35.7 Å². The smallest absolute Gasteiger partial charge is 0.253 e. The zero-order valence-corrected chi connectivity index (χ0v) is 13.6. The van der Waals surface area contributed by atoms with Gasteiger partial charge in [0, 0.05) is 6.07 Å². The van der Waals surface area contributed by atoms with Gasteiger partial charge < -0.3 is 9.84 Å². The van der Waals surface area contributed by atoms with Gasteiger partial charge in [0.25, 0.3) is 5.91 Å². The molecule has 0 aliphatic carbocycles. The summed E-state index contributed by atoms with van der Waals surface area (Å²) in [5.74, 6) is 0.954. The Morgan fingerprint density at radius 3 is 2.75 bits per heavy atom. The standard InChI is InChI=1S/C17H19N5O2/c1-12(2)7-13-8-14(24-21-13)9-18-17(23)15-5-3-4-6-16(15)22-10-19-20-11-22/h3-6,8,10-12H,7,9H2,1-2H3,(H,18,23). The summed E-state index contributed by atoms with van der Waals surface area (Å²) in [6.07, 6.45) is 3.97. The average Bonchev–Trinajstić information content (AvgIpc) is 3.24. The highest BCUT2D eigenvalue weighted by molar-refractivity contribution is 5.97. The van der Waals surface area contributed by atoms with Gasteiger partial charge in [0.2, 0.25) is 0 Å². The monoisotopic (exact) mass is 325 g/mol. The fourth-order valence-corrected chi connectivity index (χ4v) is 2.43. The first kappa shape index (κ1) is 15.9. The van der Waals surface area contributed by atoms with Gasteiger partial charge in [-0.1, -0.05) is 31.1 Å². The highest BCUT2D eigenvalue weighted by Gasteiger charge is 2.13. The number of carbonyl (C=O) groups is 1. The van der Waals surface area contributed by atoms with Gasteiger partial charge in [-0.05, 0) is 24.5 Å². The first-order valence-corrected chi connectivity index (χ1v) is 7.80. The number of hydrogen-bond acceptors (Lipinski definition) is 5. The fourth-order valence-electron chi connectivity index (χ4n) is 2.43. The molecular weight excluding hydrogens is 306 g/mol. The topological polar surface area (TPSA) is 85.8 Å². The minimum atomic E-state index is -0.193. The largest absolute Gasteiger partial charge is 0.359 e. The molecule has 7 nitrogen and oxygen atoms in total. The number of amides is 1. The van der Waals surface area contributed by atoms with Crippen molar-refractivity contribution in [3.8, 4) is 5.69 Å². The predicted molar refractivity (Wildman–Crippen MR) is 87.6 cm³/mol. The van der Waals surface area contributed by atoms with Crippen molar-refractivity contribution in [3.05, 3.63) is 60.0 Å². The number of hydrogen-bond donors (Lipinski definition) is 1. The molecule has 3 aromatic rings. The zero-order chi connectivity index (χ0) is 16.9. The Morgan fingerprint density at radius 2 is 2.00 bits per heavy atom. The molecule has 0 aliphatic rings. The zero-order valence-electron chi connectivity index (χ0n) is 13.6. The van der Waals surface area contributed by atoms with Gasteiger partial charge in [-0.3, -0.25) is 9.36 Å². The number of nitrogens with one attached hydrogen (secondary N) is 1. The second kappa shape index (κ2) is 7.08. The molecule has 0 radical (unpaired) electrons. The molecule has 0 spiro atoms. The number of rotatable bonds is 6. The van der Waals surface area contributed by atoms with Gasteiger partial charge in [0.15, 0.2) is 5.76 Å². The summed E-state index contributed by atoms with van der Waals surface area (Å²) in [4.78, 5) is 12.5. The fraction of sp³-hybridized carbons (Fsp3) is 0.294. The van der Waals surface area contributed by atoms with Crippen LogP contribution in [-0.2, 0) is 13.0 Å². The van der Waals surface area contributed by atoms with E-state index in [-0.39, 0.29) is 5.91 Å². The third-order valence-electron chi connectivity index (χ3n) is 3.49. The SMILES string of the molecule is CC(C)Cc1cc(CNC(=O)c2ccccc2-n2cnnc2)on1. The van der Waals surface area contributed by atoms with Crippen molar-refractivity contribution in [2.24, 2.45) is 5.92 Å². The van der Waals surface area contributed by atoms with Crippen LogP contribution in [0.5, 0.6) is 0 Å². The minimum absolute atomic E-state index is 0.193. The van der Waals surface area contributed by atoms with E-state index >= 15 is 0 Å². The van der Waals surface area contributed by atoms with E-state index in [0.717, 1.165) is 17.8 Å². The van der Waals surface area contributed by atoms with Crippen LogP contribution in [0, 0.1) is 5.92 Å². The van der Waals surface area contributed by atoms with E-state index in [1.54, 1.807) is 23.3 Å². The Labute approximate surface area is 139 Å². The van der Waals surface area contributed by atoms with Gasteiger partial charge in [0.1, 0.15) is 12.7 Å². The number of carbonyl (C=O) groups excluding carboxylic acids is 1. The molecule has 0 unspecified atom stereocenters. The van der Waals surface area contributed by atoms with E-state index in [1.165, 1.54) is 0 Å². The lowest BCUT2D eigenvalue weighted by atomic mass is 10.1. The molecule has 124 valence electrons. The highest BCUT2D eigenvalue weighted by atomic mass is 16.5. The molecule has 3 rings (SSSR count). The summed E-state index contributed by atoms with van der Waals surface area (Å²) < 4.78 is 6.96. The molecule has 2 heterocycles. The Balaban J connectivity index is 1.69. The molecule has 0 aliphatic heterocycles. The molecule has 0 atom stereocenters.